The average molecular weight is 498 g/mol. The van der Waals surface area contributed by atoms with Gasteiger partial charge in [0, 0.05) is 4.88 Å². The maximum Gasteiger partial charge on any atom is 0.189 e. The minimum Gasteiger partial charge on any atom is -0.506 e. The molecule has 0 saturated carbocycles. The Balaban J connectivity index is 2.35. The second-order valence-electron chi connectivity index (χ2n) is 3.63. The summed E-state index contributed by atoms with van der Waals surface area (Å²) in [6.45, 7) is 0. The Bertz CT molecular complexity index is 648. The van der Waals surface area contributed by atoms with E-state index in [-0.39, 0.29) is 26.4 Å². The molecule has 2 rings (SSSR count). The van der Waals surface area contributed by atoms with Gasteiger partial charge in [0.25, 0.3) is 0 Å². The number of phenols is 2. The topological polar surface area (TPSA) is 57.5 Å². The van der Waals surface area contributed by atoms with E-state index in [9.17, 15) is 15.0 Å². The zero-order chi connectivity index (χ0) is 14.0. The van der Waals surface area contributed by atoms with Gasteiger partial charge in [-0.2, -0.15) is 0 Å². The first kappa shape index (κ1) is 14.8. The van der Waals surface area contributed by atoms with Gasteiger partial charge in [-0.25, -0.2) is 0 Å². The highest BCUT2D eigenvalue weighted by atomic mass is 127. The van der Waals surface area contributed by atoms with Crippen molar-refractivity contribution in [2.24, 2.45) is 0 Å². The zero-order valence-corrected chi connectivity index (χ0v) is 14.6. The van der Waals surface area contributed by atoms with Crippen LogP contribution in [0.25, 0.3) is 6.08 Å². The Hall–Kier alpha value is -0.610. The minimum absolute atomic E-state index is 0.00233. The SMILES string of the molecule is O=C(/C=C/c1cccs1)c1cc(I)c(O)c(I)c1O. The summed E-state index contributed by atoms with van der Waals surface area (Å²) in [5.41, 5.74) is 0.194. The van der Waals surface area contributed by atoms with Crippen LogP contribution < -0.4 is 0 Å². The van der Waals surface area contributed by atoms with Gasteiger partial charge in [-0.05, 0) is 74.8 Å². The molecule has 0 bridgehead atoms. The van der Waals surface area contributed by atoms with Crippen molar-refractivity contribution < 1.29 is 15.0 Å². The van der Waals surface area contributed by atoms with Crippen molar-refractivity contribution in [2.45, 2.75) is 0 Å². The second kappa shape index (κ2) is 6.23. The molecule has 6 heteroatoms. The van der Waals surface area contributed by atoms with Crippen LogP contribution in [0.15, 0.2) is 29.7 Å². The Labute approximate surface area is 141 Å². The fourth-order valence-electron chi connectivity index (χ4n) is 1.42. The van der Waals surface area contributed by atoms with Crippen LogP contribution in [0.5, 0.6) is 11.5 Å². The lowest BCUT2D eigenvalue weighted by molar-refractivity contribution is 0.104. The molecule has 0 amide bonds. The van der Waals surface area contributed by atoms with Crippen molar-refractivity contribution in [1.82, 2.24) is 0 Å². The number of hydrogen-bond acceptors (Lipinski definition) is 4. The summed E-state index contributed by atoms with van der Waals surface area (Å²) in [7, 11) is 0. The largest absolute Gasteiger partial charge is 0.506 e. The van der Waals surface area contributed by atoms with E-state index in [0.29, 0.717) is 3.57 Å². The van der Waals surface area contributed by atoms with Gasteiger partial charge in [0.15, 0.2) is 5.78 Å². The number of hydrogen-bond donors (Lipinski definition) is 2. The Morgan fingerprint density at radius 2 is 2.00 bits per heavy atom. The molecule has 1 aromatic heterocycles. The first-order valence-corrected chi connectivity index (χ1v) is 8.20. The highest BCUT2D eigenvalue weighted by Crippen LogP contribution is 2.36. The summed E-state index contributed by atoms with van der Waals surface area (Å²) < 4.78 is 0.824. The minimum atomic E-state index is -0.290. The molecule has 0 spiro atoms. The number of allylic oxidation sites excluding steroid dienone is 1. The summed E-state index contributed by atoms with van der Waals surface area (Å²) >= 11 is 5.27. The molecular formula is C13H8I2O3S. The number of aromatic hydroxyl groups is 2. The normalized spacial score (nSPS) is 11.1. The molecule has 0 saturated heterocycles. The van der Waals surface area contributed by atoms with Crippen LogP contribution in [-0.4, -0.2) is 16.0 Å². The molecule has 19 heavy (non-hydrogen) atoms. The van der Waals surface area contributed by atoms with Crippen LogP contribution >= 0.6 is 56.5 Å². The molecule has 3 nitrogen and oxygen atoms in total. The van der Waals surface area contributed by atoms with E-state index in [0.717, 1.165) is 4.88 Å². The maximum absolute atomic E-state index is 12.0. The Morgan fingerprint density at radius 1 is 1.26 bits per heavy atom. The maximum atomic E-state index is 12.0. The summed E-state index contributed by atoms with van der Waals surface area (Å²) in [4.78, 5) is 13.0. The van der Waals surface area contributed by atoms with Crippen molar-refractivity contribution in [3.63, 3.8) is 0 Å². The number of halogens is 2. The van der Waals surface area contributed by atoms with E-state index in [1.165, 1.54) is 23.5 Å². The number of thiophene rings is 1. The van der Waals surface area contributed by atoms with Gasteiger partial charge in [0.1, 0.15) is 11.5 Å². The average Bonchev–Trinajstić information content (AvgIpc) is 2.91. The molecule has 2 N–H and O–H groups in total. The fraction of sp³-hybridized carbons (Fsp3) is 0. The number of ketones is 1. The van der Waals surface area contributed by atoms with E-state index >= 15 is 0 Å². The Kier molecular flexibility index (Phi) is 4.85. The Morgan fingerprint density at radius 3 is 2.63 bits per heavy atom. The first-order valence-electron chi connectivity index (χ1n) is 5.16. The number of carbonyl (C=O) groups excluding carboxylic acids is 1. The third-order valence-corrected chi connectivity index (χ3v) is 5.06. The van der Waals surface area contributed by atoms with Gasteiger partial charge >= 0.3 is 0 Å². The quantitative estimate of drug-likeness (QED) is 0.378. The lowest BCUT2D eigenvalue weighted by Crippen LogP contribution is -1.98. The number of carbonyl (C=O) groups is 1. The van der Waals surface area contributed by atoms with Crippen molar-refractivity contribution in [1.29, 1.82) is 0 Å². The molecule has 0 atom stereocenters. The molecule has 0 unspecified atom stereocenters. The van der Waals surface area contributed by atoms with Crippen LogP contribution in [0, 0.1) is 7.14 Å². The number of rotatable bonds is 3. The van der Waals surface area contributed by atoms with Gasteiger partial charge in [-0.3, -0.25) is 4.79 Å². The van der Waals surface area contributed by atoms with Crippen LogP contribution in [-0.2, 0) is 0 Å². The summed E-state index contributed by atoms with van der Waals surface area (Å²) in [6, 6.07) is 5.28. The second-order valence-corrected chi connectivity index (χ2v) is 6.85. The van der Waals surface area contributed by atoms with E-state index in [1.807, 2.05) is 62.7 Å². The molecule has 1 aromatic carbocycles. The van der Waals surface area contributed by atoms with Gasteiger partial charge in [0.2, 0.25) is 0 Å². The van der Waals surface area contributed by atoms with Gasteiger partial charge in [-0.1, -0.05) is 6.07 Å². The molecule has 2 aromatic rings. The number of benzene rings is 1. The van der Waals surface area contributed by atoms with E-state index in [1.54, 1.807) is 6.08 Å². The van der Waals surface area contributed by atoms with Gasteiger partial charge in [-0.15, -0.1) is 11.3 Å². The molecule has 0 aliphatic carbocycles. The molecule has 0 aliphatic rings. The predicted molar refractivity (Wildman–Crippen MR) is 92.9 cm³/mol. The van der Waals surface area contributed by atoms with Crippen molar-refractivity contribution in [2.75, 3.05) is 0 Å². The van der Waals surface area contributed by atoms with Gasteiger partial charge in [0.05, 0.1) is 12.7 Å². The van der Waals surface area contributed by atoms with Crippen molar-refractivity contribution >= 4 is 68.4 Å². The van der Waals surface area contributed by atoms with Crippen molar-refractivity contribution in [3.05, 3.63) is 47.2 Å². The highest BCUT2D eigenvalue weighted by Gasteiger charge is 2.17. The van der Waals surface area contributed by atoms with E-state index in [4.69, 9.17) is 0 Å². The molecule has 0 fully saturated rings. The van der Waals surface area contributed by atoms with Crippen LogP contribution in [0.4, 0.5) is 0 Å². The molecule has 0 aliphatic heterocycles. The predicted octanol–water partition coefficient (Wildman–Crippen LogP) is 4.26. The summed E-state index contributed by atoms with van der Waals surface area (Å²) in [5.74, 6) is -0.474. The molecular weight excluding hydrogens is 490 g/mol. The first-order chi connectivity index (χ1) is 9.00. The highest BCUT2D eigenvalue weighted by molar-refractivity contribution is 14.1. The molecule has 1 heterocycles. The van der Waals surface area contributed by atoms with Crippen molar-refractivity contribution in [3.8, 4) is 11.5 Å². The summed E-state index contributed by atoms with van der Waals surface area (Å²) in [5, 5.41) is 21.5. The fourth-order valence-corrected chi connectivity index (χ4v) is 3.72. The monoisotopic (exact) mass is 498 g/mol. The number of phenolic OH excluding ortho intramolecular Hbond substituents is 2. The van der Waals surface area contributed by atoms with Crippen LogP contribution in [0.3, 0.4) is 0 Å². The van der Waals surface area contributed by atoms with Crippen LogP contribution in [0.1, 0.15) is 15.2 Å². The summed E-state index contributed by atoms with van der Waals surface area (Å²) in [6.07, 6.45) is 3.13. The lowest BCUT2D eigenvalue weighted by Gasteiger charge is -2.07. The standard InChI is InChI=1S/C13H8I2O3S/c14-9-6-8(12(17)11(15)13(9)18)10(16)4-3-7-2-1-5-19-7/h1-6,17-18H/b4-3+. The van der Waals surface area contributed by atoms with E-state index < -0.39 is 0 Å². The molecule has 98 valence electrons. The third-order valence-electron chi connectivity index (χ3n) is 2.38. The smallest absolute Gasteiger partial charge is 0.189 e. The third kappa shape index (κ3) is 3.29. The van der Waals surface area contributed by atoms with Gasteiger partial charge < -0.3 is 10.2 Å². The van der Waals surface area contributed by atoms with Crippen LogP contribution in [0.2, 0.25) is 0 Å². The molecule has 0 radical (unpaired) electrons. The zero-order valence-electron chi connectivity index (χ0n) is 9.43. The lowest BCUT2D eigenvalue weighted by atomic mass is 10.1. The van der Waals surface area contributed by atoms with E-state index in [2.05, 4.69) is 0 Å².